The first kappa shape index (κ1) is 22.6. The molecule has 0 fully saturated rings. The molecule has 0 unspecified atom stereocenters. The Balaban J connectivity index is 1.42. The Kier molecular flexibility index (Phi) is 6.12. The summed E-state index contributed by atoms with van der Waals surface area (Å²) in [6, 6.07) is 17.7. The molecule has 0 bridgehead atoms. The molecule has 0 amide bonds. The monoisotopic (exact) mass is 493 g/mol. The number of aromatic nitrogens is 3. The summed E-state index contributed by atoms with van der Waals surface area (Å²) >= 11 is 6.27. The maximum atomic E-state index is 11.8. The molecule has 7 nitrogen and oxygen atoms in total. The highest BCUT2D eigenvalue weighted by molar-refractivity contribution is 7.88. The number of rotatable bonds is 6. The van der Waals surface area contributed by atoms with E-state index in [1.54, 1.807) is 6.20 Å². The molecule has 1 aromatic carbocycles. The van der Waals surface area contributed by atoms with Crippen LogP contribution in [0.2, 0.25) is 5.02 Å². The molecule has 5 rings (SSSR count). The van der Waals surface area contributed by atoms with Gasteiger partial charge in [-0.3, -0.25) is 0 Å². The number of halogens is 1. The molecular weight excluding hydrogens is 470 g/mol. The number of anilines is 1. The number of aromatic amines is 1. The van der Waals surface area contributed by atoms with E-state index in [1.165, 1.54) is 10.6 Å². The number of hydrogen-bond donors (Lipinski definition) is 2. The zero-order valence-electron chi connectivity index (χ0n) is 18.6. The van der Waals surface area contributed by atoms with Crippen molar-refractivity contribution in [2.45, 2.75) is 13.0 Å². The number of nitrogens with one attached hydrogen (secondary N) is 2. The van der Waals surface area contributed by atoms with Crippen LogP contribution in [-0.4, -0.2) is 47.0 Å². The third kappa shape index (κ3) is 4.70. The highest BCUT2D eigenvalue weighted by Gasteiger charge is 2.21. The number of pyridine rings is 2. The quantitative estimate of drug-likeness (QED) is 0.397. The smallest absolute Gasteiger partial charge is 0.211 e. The first-order chi connectivity index (χ1) is 16.4. The van der Waals surface area contributed by atoms with Crippen LogP contribution in [0.4, 0.5) is 5.82 Å². The van der Waals surface area contributed by atoms with E-state index < -0.39 is 10.0 Å². The number of sulfonamides is 1. The molecule has 2 N–H and O–H groups in total. The van der Waals surface area contributed by atoms with E-state index in [4.69, 9.17) is 16.6 Å². The maximum Gasteiger partial charge on any atom is 0.211 e. The lowest BCUT2D eigenvalue weighted by molar-refractivity contribution is 0.445. The summed E-state index contributed by atoms with van der Waals surface area (Å²) in [5.41, 5.74) is 5.64. The molecule has 1 aliphatic rings. The number of nitrogens with zero attached hydrogens (tertiary/aromatic N) is 3. The Morgan fingerprint density at radius 1 is 1.15 bits per heavy atom. The Bertz CT molecular complexity index is 1500. The number of fused-ring (bicyclic) bond motifs is 1. The van der Waals surface area contributed by atoms with Gasteiger partial charge in [0.1, 0.15) is 11.5 Å². The van der Waals surface area contributed by atoms with Crippen LogP contribution in [0.3, 0.4) is 0 Å². The molecule has 9 heteroatoms. The fourth-order valence-electron chi connectivity index (χ4n) is 4.13. The lowest BCUT2D eigenvalue weighted by Crippen LogP contribution is -2.33. The van der Waals surface area contributed by atoms with Crippen molar-refractivity contribution in [1.82, 2.24) is 19.3 Å². The van der Waals surface area contributed by atoms with Crippen molar-refractivity contribution in [3.8, 4) is 11.3 Å². The predicted molar refractivity (Wildman–Crippen MR) is 137 cm³/mol. The van der Waals surface area contributed by atoms with E-state index >= 15 is 0 Å². The molecule has 174 valence electrons. The van der Waals surface area contributed by atoms with Crippen molar-refractivity contribution in [1.29, 1.82) is 0 Å². The fourth-order valence-corrected chi connectivity index (χ4v) is 5.10. The van der Waals surface area contributed by atoms with Gasteiger partial charge in [-0.2, -0.15) is 4.31 Å². The van der Waals surface area contributed by atoms with E-state index in [1.807, 2.05) is 54.6 Å². The summed E-state index contributed by atoms with van der Waals surface area (Å²) in [7, 11) is -3.18. The van der Waals surface area contributed by atoms with Crippen LogP contribution in [0.25, 0.3) is 27.9 Å². The molecule has 34 heavy (non-hydrogen) atoms. The first-order valence-corrected chi connectivity index (χ1v) is 13.2. The molecule has 1 aliphatic heterocycles. The third-order valence-corrected chi connectivity index (χ3v) is 7.60. The largest absolute Gasteiger partial charge is 0.366 e. The van der Waals surface area contributed by atoms with Gasteiger partial charge in [-0.15, -0.1) is 0 Å². The van der Waals surface area contributed by atoms with Gasteiger partial charge in [-0.1, -0.05) is 41.9 Å². The molecule has 0 saturated heterocycles. The van der Waals surface area contributed by atoms with Gasteiger partial charge in [-0.25, -0.2) is 18.4 Å². The number of benzene rings is 1. The molecule has 0 spiro atoms. The van der Waals surface area contributed by atoms with Gasteiger partial charge < -0.3 is 10.3 Å². The average molecular weight is 494 g/mol. The zero-order chi connectivity index (χ0) is 23.7. The average Bonchev–Trinajstić information content (AvgIpc) is 3.28. The third-order valence-electron chi connectivity index (χ3n) is 5.96. The van der Waals surface area contributed by atoms with E-state index in [0.29, 0.717) is 26.1 Å². The zero-order valence-corrected chi connectivity index (χ0v) is 20.2. The van der Waals surface area contributed by atoms with E-state index in [9.17, 15) is 8.42 Å². The second-order valence-electron chi connectivity index (χ2n) is 8.26. The molecule has 0 aliphatic carbocycles. The van der Waals surface area contributed by atoms with Crippen molar-refractivity contribution < 1.29 is 8.42 Å². The summed E-state index contributed by atoms with van der Waals surface area (Å²) < 4.78 is 25.1. The molecule has 4 heterocycles. The van der Waals surface area contributed by atoms with E-state index in [0.717, 1.165) is 50.0 Å². The van der Waals surface area contributed by atoms with Crippen LogP contribution >= 0.6 is 11.6 Å². The van der Waals surface area contributed by atoms with Gasteiger partial charge in [0.2, 0.25) is 10.0 Å². The molecule has 0 atom stereocenters. The molecular formula is C25H24ClN5O2S. The summed E-state index contributed by atoms with van der Waals surface area (Å²) in [4.78, 5) is 12.7. The number of H-pyrrole nitrogens is 1. The van der Waals surface area contributed by atoms with Crippen molar-refractivity contribution in [3.63, 3.8) is 0 Å². The topological polar surface area (TPSA) is 91.0 Å². The minimum Gasteiger partial charge on any atom is -0.366 e. The molecule has 3 aromatic heterocycles. The van der Waals surface area contributed by atoms with Crippen LogP contribution in [0, 0.1) is 0 Å². The second-order valence-corrected chi connectivity index (χ2v) is 10.6. The van der Waals surface area contributed by atoms with Crippen molar-refractivity contribution in [2.75, 3.05) is 24.7 Å². The Labute approximate surface area is 203 Å². The SMILES string of the molecule is CS(=O)(=O)N1CC=C(c2cc3c(-c4cccc(NCc5ccccc5Cl)n4)ccnc3[nH]2)CC1. The lowest BCUT2D eigenvalue weighted by atomic mass is 10.0. The van der Waals surface area contributed by atoms with E-state index in [2.05, 4.69) is 21.4 Å². The Hall–Kier alpha value is -3.20. The van der Waals surface area contributed by atoms with Gasteiger partial charge >= 0.3 is 0 Å². The minimum atomic E-state index is -3.18. The van der Waals surface area contributed by atoms with Gasteiger partial charge in [0.15, 0.2) is 0 Å². The van der Waals surface area contributed by atoms with Crippen LogP contribution in [0.15, 0.2) is 66.9 Å². The molecule has 0 saturated carbocycles. The Morgan fingerprint density at radius 2 is 2.00 bits per heavy atom. The van der Waals surface area contributed by atoms with Crippen LogP contribution in [0.5, 0.6) is 0 Å². The van der Waals surface area contributed by atoms with Crippen LogP contribution in [0.1, 0.15) is 17.7 Å². The highest BCUT2D eigenvalue weighted by atomic mass is 35.5. The lowest BCUT2D eigenvalue weighted by Gasteiger charge is -2.23. The highest BCUT2D eigenvalue weighted by Crippen LogP contribution is 2.31. The summed E-state index contributed by atoms with van der Waals surface area (Å²) in [5, 5.41) is 5.04. The van der Waals surface area contributed by atoms with Crippen molar-refractivity contribution >= 4 is 44.0 Å². The first-order valence-electron chi connectivity index (χ1n) is 11.0. The van der Waals surface area contributed by atoms with Crippen molar-refractivity contribution in [3.05, 3.63) is 83.2 Å². The standard InChI is InChI=1S/C25H24ClN5O2S/c1-34(32,33)31-13-10-17(11-14-31)23-15-20-19(9-12-27-25(20)30-23)22-7-4-8-24(29-22)28-16-18-5-2-3-6-21(18)26/h2-10,12,15H,11,13-14,16H2,1H3,(H,27,30)(H,28,29). The van der Waals surface area contributed by atoms with Crippen LogP contribution in [-0.2, 0) is 16.6 Å². The summed E-state index contributed by atoms with van der Waals surface area (Å²) in [6.45, 7) is 1.43. The second kappa shape index (κ2) is 9.21. The molecule has 4 aromatic rings. The van der Waals surface area contributed by atoms with E-state index in [-0.39, 0.29) is 0 Å². The normalized spacial score (nSPS) is 14.8. The maximum absolute atomic E-state index is 11.8. The Morgan fingerprint density at radius 3 is 2.76 bits per heavy atom. The van der Waals surface area contributed by atoms with Crippen LogP contribution < -0.4 is 5.32 Å². The van der Waals surface area contributed by atoms with Gasteiger partial charge in [0.05, 0.1) is 11.9 Å². The summed E-state index contributed by atoms with van der Waals surface area (Å²) in [5.74, 6) is 0.758. The van der Waals surface area contributed by atoms with Gasteiger partial charge in [-0.05, 0) is 47.9 Å². The number of hydrogen-bond acceptors (Lipinski definition) is 5. The predicted octanol–water partition coefficient (Wildman–Crippen LogP) is 4.94. The van der Waals surface area contributed by atoms with Gasteiger partial charge in [0.25, 0.3) is 0 Å². The minimum absolute atomic E-state index is 0.379. The molecule has 0 radical (unpaired) electrons. The van der Waals surface area contributed by atoms with Crippen molar-refractivity contribution in [2.24, 2.45) is 0 Å². The summed E-state index contributed by atoms with van der Waals surface area (Å²) in [6.07, 6.45) is 5.63. The fraction of sp³-hybridized carbons (Fsp3) is 0.200. The van der Waals surface area contributed by atoms with Gasteiger partial charge in [0, 0.05) is 47.5 Å².